The minimum absolute atomic E-state index is 0.00216. The molecule has 1 N–H and O–H groups in total. The molecule has 0 unspecified atom stereocenters. The number of hydrogen-bond acceptors (Lipinski definition) is 6. The van der Waals surface area contributed by atoms with Gasteiger partial charge in [0.05, 0.1) is 14.2 Å². The molecule has 0 radical (unpaired) electrons. The summed E-state index contributed by atoms with van der Waals surface area (Å²) >= 11 is 0. The average molecular weight is 474 g/mol. The van der Waals surface area contributed by atoms with Gasteiger partial charge in [-0.05, 0) is 83.9 Å². The highest BCUT2D eigenvalue weighted by atomic mass is 16.5. The zero-order valence-corrected chi connectivity index (χ0v) is 19.8. The summed E-state index contributed by atoms with van der Waals surface area (Å²) in [7, 11) is 3.28. The van der Waals surface area contributed by atoms with Crippen LogP contribution in [0.5, 0.6) is 17.2 Å². The third-order valence-corrected chi connectivity index (χ3v) is 5.69. The number of ether oxygens (including phenoxy) is 2. The lowest BCUT2D eigenvalue weighted by molar-refractivity contribution is 0.415. The van der Waals surface area contributed by atoms with Crippen LogP contribution in [0.1, 0.15) is 5.56 Å². The van der Waals surface area contributed by atoms with Crippen LogP contribution in [0, 0.1) is 22.7 Å². The average Bonchev–Trinajstić information content (AvgIpc) is 2.93. The van der Waals surface area contributed by atoms with Gasteiger partial charge in [-0.25, -0.2) is 0 Å². The molecule has 0 saturated carbocycles. The maximum absolute atomic E-state index is 10.4. The number of phenols is 1. The number of anilines is 3. The van der Waals surface area contributed by atoms with Gasteiger partial charge in [-0.15, -0.1) is 0 Å². The maximum Gasteiger partial charge on any atom is 0.130 e. The third kappa shape index (κ3) is 5.14. The standard InChI is InChI=1S/C30H23N3O3/c1-35-28-13-9-26(10-14-28)33(27-11-15-29(36-2)16-12-27)25-7-5-22(6-8-25)23-3-4-24(30(34)18-23)17-21(19-31)20-32/h3-18,34H,1-2H3. The fraction of sp³-hybridized carbons (Fsp3) is 0.0667. The first-order chi connectivity index (χ1) is 17.6. The smallest absolute Gasteiger partial charge is 0.130 e. The molecular formula is C30H23N3O3. The Kier molecular flexibility index (Phi) is 7.19. The van der Waals surface area contributed by atoms with Gasteiger partial charge in [-0.3, -0.25) is 0 Å². The van der Waals surface area contributed by atoms with E-state index in [1.54, 1.807) is 38.5 Å². The normalized spacial score (nSPS) is 10.0. The van der Waals surface area contributed by atoms with E-state index < -0.39 is 0 Å². The number of allylic oxidation sites excluding steroid dienone is 1. The van der Waals surface area contributed by atoms with Crippen molar-refractivity contribution in [1.82, 2.24) is 0 Å². The van der Waals surface area contributed by atoms with Crippen molar-refractivity contribution in [3.63, 3.8) is 0 Å². The summed E-state index contributed by atoms with van der Waals surface area (Å²) in [5.74, 6) is 1.55. The molecule has 0 heterocycles. The molecule has 0 aliphatic heterocycles. The molecule has 0 aliphatic rings. The van der Waals surface area contributed by atoms with Crippen molar-refractivity contribution in [3.05, 3.63) is 102 Å². The first kappa shape index (κ1) is 23.9. The van der Waals surface area contributed by atoms with Gasteiger partial charge in [-0.1, -0.05) is 24.3 Å². The van der Waals surface area contributed by atoms with Crippen LogP contribution in [0.2, 0.25) is 0 Å². The van der Waals surface area contributed by atoms with Gasteiger partial charge in [-0.2, -0.15) is 10.5 Å². The molecule has 4 rings (SSSR count). The molecule has 6 nitrogen and oxygen atoms in total. The van der Waals surface area contributed by atoms with Gasteiger partial charge < -0.3 is 19.5 Å². The third-order valence-electron chi connectivity index (χ3n) is 5.69. The Morgan fingerprint density at radius 2 is 1.14 bits per heavy atom. The van der Waals surface area contributed by atoms with Crippen LogP contribution in [0.25, 0.3) is 17.2 Å². The summed E-state index contributed by atoms with van der Waals surface area (Å²) in [5.41, 5.74) is 4.95. The van der Waals surface area contributed by atoms with E-state index in [9.17, 15) is 5.11 Å². The van der Waals surface area contributed by atoms with E-state index in [1.807, 2.05) is 78.9 Å². The molecule has 176 valence electrons. The summed E-state index contributed by atoms with van der Waals surface area (Å²) in [6.45, 7) is 0. The quantitative estimate of drug-likeness (QED) is 0.291. The number of aromatic hydroxyl groups is 1. The minimum atomic E-state index is -0.0699. The number of rotatable bonds is 7. The number of phenolic OH excluding ortho intramolecular Hbond substituents is 1. The van der Waals surface area contributed by atoms with Crippen LogP contribution in [-0.2, 0) is 0 Å². The van der Waals surface area contributed by atoms with E-state index in [0.29, 0.717) is 5.56 Å². The van der Waals surface area contributed by atoms with Crippen molar-refractivity contribution in [2.75, 3.05) is 19.1 Å². The lowest BCUT2D eigenvalue weighted by Gasteiger charge is -2.26. The van der Waals surface area contributed by atoms with Crippen LogP contribution >= 0.6 is 0 Å². The zero-order chi connectivity index (χ0) is 25.5. The molecule has 0 atom stereocenters. The first-order valence-corrected chi connectivity index (χ1v) is 11.1. The van der Waals surface area contributed by atoms with Gasteiger partial charge in [0, 0.05) is 22.6 Å². The lowest BCUT2D eigenvalue weighted by Crippen LogP contribution is -2.09. The molecule has 0 fully saturated rings. The molecule has 0 aromatic heterocycles. The predicted molar refractivity (Wildman–Crippen MR) is 141 cm³/mol. The largest absolute Gasteiger partial charge is 0.507 e. The Labute approximate surface area is 210 Å². The van der Waals surface area contributed by atoms with E-state index in [-0.39, 0.29) is 11.3 Å². The number of hydrogen-bond donors (Lipinski definition) is 1. The number of benzene rings is 4. The van der Waals surface area contributed by atoms with Gasteiger partial charge in [0.2, 0.25) is 0 Å². The monoisotopic (exact) mass is 473 g/mol. The van der Waals surface area contributed by atoms with Crippen molar-refractivity contribution >= 4 is 23.1 Å². The van der Waals surface area contributed by atoms with E-state index in [2.05, 4.69) is 4.90 Å². The highest BCUT2D eigenvalue weighted by Crippen LogP contribution is 2.37. The molecule has 0 spiro atoms. The van der Waals surface area contributed by atoms with E-state index in [4.69, 9.17) is 20.0 Å². The highest BCUT2D eigenvalue weighted by molar-refractivity contribution is 5.79. The summed E-state index contributed by atoms with van der Waals surface area (Å²) in [4.78, 5) is 2.12. The second-order valence-corrected chi connectivity index (χ2v) is 7.83. The van der Waals surface area contributed by atoms with E-state index in [0.717, 1.165) is 39.7 Å². The second-order valence-electron chi connectivity index (χ2n) is 7.83. The van der Waals surface area contributed by atoms with E-state index >= 15 is 0 Å². The Balaban J connectivity index is 1.69. The SMILES string of the molecule is COc1ccc(N(c2ccc(OC)cc2)c2ccc(-c3ccc(C=C(C#N)C#N)c(O)c3)cc2)cc1. The fourth-order valence-corrected chi connectivity index (χ4v) is 3.80. The van der Waals surface area contributed by atoms with Crippen LogP contribution in [0.3, 0.4) is 0 Å². The number of nitriles is 2. The molecule has 0 amide bonds. The minimum Gasteiger partial charge on any atom is -0.507 e. The molecule has 36 heavy (non-hydrogen) atoms. The van der Waals surface area contributed by atoms with E-state index in [1.165, 1.54) is 6.08 Å². The Morgan fingerprint density at radius 1 is 0.694 bits per heavy atom. The van der Waals surface area contributed by atoms with Gasteiger partial charge in [0.1, 0.15) is 35.0 Å². The second kappa shape index (κ2) is 10.8. The van der Waals surface area contributed by atoms with Crippen molar-refractivity contribution in [1.29, 1.82) is 10.5 Å². The molecular weight excluding hydrogens is 450 g/mol. The van der Waals surface area contributed by atoms with Crippen molar-refractivity contribution < 1.29 is 14.6 Å². The van der Waals surface area contributed by atoms with Gasteiger partial charge >= 0.3 is 0 Å². The van der Waals surface area contributed by atoms with Gasteiger partial charge in [0.15, 0.2) is 0 Å². The summed E-state index contributed by atoms with van der Waals surface area (Å²) in [6.07, 6.45) is 1.36. The summed E-state index contributed by atoms with van der Waals surface area (Å²) in [6, 6.07) is 32.4. The molecule has 4 aromatic carbocycles. The van der Waals surface area contributed by atoms with Crippen molar-refractivity contribution in [2.24, 2.45) is 0 Å². The van der Waals surface area contributed by atoms with Gasteiger partial charge in [0.25, 0.3) is 0 Å². The Morgan fingerprint density at radius 3 is 1.56 bits per heavy atom. The maximum atomic E-state index is 10.4. The predicted octanol–water partition coefficient (Wildman–Crippen LogP) is 6.98. The first-order valence-electron chi connectivity index (χ1n) is 11.1. The van der Waals surface area contributed by atoms with Crippen LogP contribution in [-0.4, -0.2) is 19.3 Å². The lowest BCUT2D eigenvalue weighted by atomic mass is 10.0. The Hall–Kier alpha value is -5.20. The van der Waals surface area contributed by atoms with Crippen molar-refractivity contribution in [3.8, 4) is 40.5 Å². The number of nitrogens with zero attached hydrogens (tertiary/aromatic N) is 3. The highest BCUT2D eigenvalue weighted by Gasteiger charge is 2.13. The Bertz CT molecular complexity index is 1400. The molecule has 4 aromatic rings. The molecule has 0 aliphatic carbocycles. The van der Waals surface area contributed by atoms with Crippen LogP contribution < -0.4 is 14.4 Å². The number of methoxy groups -OCH3 is 2. The molecule has 6 heteroatoms. The summed E-state index contributed by atoms with van der Waals surface area (Å²) < 4.78 is 10.6. The van der Waals surface area contributed by atoms with Crippen LogP contribution in [0.4, 0.5) is 17.1 Å². The molecule has 0 saturated heterocycles. The fourth-order valence-electron chi connectivity index (χ4n) is 3.80. The topological polar surface area (TPSA) is 89.5 Å². The summed E-state index contributed by atoms with van der Waals surface area (Å²) in [5, 5.41) is 28.3. The molecule has 0 bridgehead atoms. The van der Waals surface area contributed by atoms with Crippen LogP contribution in [0.15, 0.2) is 96.6 Å². The zero-order valence-electron chi connectivity index (χ0n) is 19.8. The van der Waals surface area contributed by atoms with Crippen molar-refractivity contribution in [2.45, 2.75) is 0 Å².